The van der Waals surface area contributed by atoms with Gasteiger partial charge in [0.25, 0.3) is 0 Å². The zero-order valence-electron chi connectivity index (χ0n) is 11.0. The summed E-state index contributed by atoms with van der Waals surface area (Å²) in [6.45, 7) is 3.71. The van der Waals surface area contributed by atoms with Crippen LogP contribution in [0.3, 0.4) is 0 Å². The van der Waals surface area contributed by atoms with Gasteiger partial charge in [-0.05, 0) is 31.5 Å². The first kappa shape index (κ1) is 13.2. The molecule has 1 fully saturated rings. The Bertz CT molecular complexity index is 371. The lowest BCUT2D eigenvalue weighted by Gasteiger charge is -2.30. The predicted molar refractivity (Wildman–Crippen MR) is 72.1 cm³/mol. The number of piperidine rings is 1. The highest BCUT2D eigenvalue weighted by Crippen LogP contribution is 2.25. The standard InChI is InChI=1S/C14H22N2O2/c1-17-13-6-2-3-7-14(13)18-10-9-16-8-4-5-12(15)11-16/h2-3,6-7,12H,4-5,8-11,15H2,1H3/t12-/m1/s1. The van der Waals surface area contributed by atoms with Crippen LogP contribution < -0.4 is 15.2 Å². The molecule has 4 nitrogen and oxygen atoms in total. The summed E-state index contributed by atoms with van der Waals surface area (Å²) in [5, 5.41) is 0. The lowest BCUT2D eigenvalue weighted by molar-refractivity contribution is 0.169. The molecule has 1 aliphatic rings. The molecule has 1 saturated heterocycles. The molecule has 0 saturated carbocycles. The van der Waals surface area contributed by atoms with Crippen molar-refractivity contribution in [2.24, 2.45) is 5.73 Å². The van der Waals surface area contributed by atoms with Gasteiger partial charge in [-0.2, -0.15) is 0 Å². The summed E-state index contributed by atoms with van der Waals surface area (Å²) in [5.41, 5.74) is 5.95. The number of rotatable bonds is 5. The third-order valence-corrected chi connectivity index (χ3v) is 3.28. The molecule has 0 aliphatic carbocycles. The molecule has 18 heavy (non-hydrogen) atoms. The van der Waals surface area contributed by atoms with Crippen molar-refractivity contribution in [3.05, 3.63) is 24.3 Å². The lowest BCUT2D eigenvalue weighted by atomic mass is 10.1. The third-order valence-electron chi connectivity index (χ3n) is 3.28. The topological polar surface area (TPSA) is 47.7 Å². The molecule has 2 N–H and O–H groups in total. The first-order valence-electron chi connectivity index (χ1n) is 6.53. The minimum atomic E-state index is 0.324. The predicted octanol–water partition coefficient (Wildman–Crippen LogP) is 1.50. The minimum Gasteiger partial charge on any atom is -0.493 e. The Morgan fingerprint density at radius 2 is 2.11 bits per heavy atom. The zero-order chi connectivity index (χ0) is 12.8. The van der Waals surface area contributed by atoms with Gasteiger partial charge < -0.3 is 15.2 Å². The molecule has 0 bridgehead atoms. The average molecular weight is 250 g/mol. The molecule has 1 aliphatic heterocycles. The smallest absolute Gasteiger partial charge is 0.161 e. The van der Waals surface area contributed by atoms with E-state index >= 15 is 0 Å². The van der Waals surface area contributed by atoms with Gasteiger partial charge in [-0.3, -0.25) is 4.90 Å². The van der Waals surface area contributed by atoms with E-state index in [4.69, 9.17) is 15.2 Å². The van der Waals surface area contributed by atoms with Gasteiger partial charge in [0.05, 0.1) is 7.11 Å². The van der Waals surface area contributed by atoms with E-state index in [0.717, 1.165) is 37.6 Å². The summed E-state index contributed by atoms with van der Waals surface area (Å²) < 4.78 is 11.0. The Kier molecular flexibility index (Phi) is 4.84. The highest BCUT2D eigenvalue weighted by molar-refractivity contribution is 5.39. The van der Waals surface area contributed by atoms with Crippen molar-refractivity contribution in [2.75, 3.05) is 33.4 Å². The third kappa shape index (κ3) is 3.62. The Morgan fingerprint density at radius 1 is 1.33 bits per heavy atom. The van der Waals surface area contributed by atoms with Gasteiger partial charge >= 0.3 is 0 Å². The molecule has 0 amide bonds. The summed E-state index contributed by atoms with van der Waals surface area (Å²) in [6, 6.07) is 8.06. The van der Waals surface area contributed by atoms with Crippen molar-refractivity contribution >= 4 is 0 Å². The second-order valence-corrected chi connectivity index (χ2v) is 4.70. The summed E-state index contributed by atoms with van der Waals surface area (Å²) in [7, 11) is 1.66. The molecular formula is C14H22N2O2. The molecule has 1 aromatic carbocycles. The molecule has 100 valence electrons. The molecule has 1 aromatic rings. The summed E-state index contributed by atoms with van der Waals surface area (Å²) in [4.78, 5) is 2.36. The fraction of sp³-hybridized carbons (Fsp3) is 0.571. The monoisotopic (exact) mass is 250 g/mol. The number of likely N-dealkylation sites (tertiary alicyclic amines) is 1. The van der Waals surface area contributed by atoms with Gasteiger partial charge in [-0.15, -0.1) is 0 Å². The highest BCUT2D eigenvalue weighted by atomic mass is 16.5. The van der Waals surface area contributed by atoms with Gasteiger partial charge in [0.2, 0.25) is 0 Å². The molecule has 1 atom stereocenters. The van der Waals surface area contributed by atoms with E-state index < -0.39 is 0 Å². The molecule has 0 aromatic heterocycles. The fourth-order valence-electron chi connectivity index (χ4n) is 2.32. The molecule has 2 rings (SSSR count). The van der Waals surface area contributed by atoms with Gasteiger partial charge in [-0.1, -0.05) is 12.1 Å². The highest BCUT2D eigenvalue weighted by Gasteiger charge is 2.16. The minimum absolute atomic E-state index is 0.324. The van der Waals surface area contributed by atoms with Crippen molar-refractivity contribution in [3.8, 4) is 11.5 Å². The van der Waals surface area contributed by atoms with Crippen LogP contribution in [0.1, 0.15) is 12.8 Å². The number of nitrogens with two attached hydrogens (primary N) is 1. The maximum atomic E-state index is 5.95. The van der Waals surface area contributed by atoms with E-state index in [0.29, 0.717) is 12.6 Å². The van der Waals surface area contributed by atoms with Crippen LogP contribution in [0.25, 0.3) is 0 Å². The van der Waals surface area contributed by atoms with Gasteiger partial charge in [0.15, 0.2) is 11.5 Å². The van der Waals surface area contributed by atoms with Gasteiger partial charge in [0.1, 0.15) is 6.61 Å². The van der Waals surface area contributed by atoms with Crippen molar-refractivity contribution in [1.29, 1.82) is 0 Å². The fourth-order valence-corrected chi connectivity index (χ4v) is 2.32. The van der Waals surface area contributed by atoms with E-state index in [9.17, 15) is 0 Å². The summed E-state index contributed by atoms with van der Waals surface area (Å²) >= 11 is 0. The largest absolute Gasteiger partial charge is 0.493 e. The van der Waals surface area contributed by atoms with Crippen molar-refractivity contribution in [1.82, 2.24) is 4.90 Å². The number of methoxy groups -OCH3 is 1. The van der Waals surface area contributed by atoms with E-state index in [2.05, 4.69) is 4.90 Å². The van der Waals surface area contributed by atoms with E-state index in [1.807, 2.05) is 24.3 Å². The van der Waals surface area contributed by atoms with Crippen LogP contribution in [0, 0.1) is 0 Å². The first-order chi connectivity index (χ1) is 8.79. The van der Waals surface area contributed by atoms with Gasteiger partial charge in [-0.25, -0.2) is 0 Å². The quantitative estimate of drug-likeness (QED) is 0.860. The Hall–Kier alpha value is -1.26. The normalized spacial score (nSPS) is 20.7. The molecule has 0 radical (unpaired) electrons. The van der Waals surface area contributed by atoms with Crippen LogP contribution in [0.15, 0.2) is 24.3 Å². The van der Waals surface area contributed by atoms with E-state index in [1.165, 1.54) is 6.42 Å². The Morgan fingerprint density at radius 3 is 2.83 bits per heavy atom. The van der Waals surface area contributed by atoms with E-state index in [-0.39, 0.29) is 0 Å². The molecule has 4 heteroatoms. The van der Waals surface area contributed by atoms with Crippen LogP contribution in [0.5, 0.6) is 11.5 Å². The number of ether oxygens (including phenoxy) is 2. The Labute approximate surface area is 109 Å². The van der Waals surface area contributed by atoms with Crippen molar-refractivity contribution in [2.45, 2.75) is 18.9 Å². The van der Waals surface area contributed by atoms with Gasteiger partial charge in [0, 0.05) is 19.1 Å². The average Bonchev–Trinajstić information content (AvgIpc) is 2.39. The maximum Gasteiger partial charge on any atom is 0.161 e. The SMILES string of the molecule is COc1ccccc1OCCN1CCC[C@@H](N)C1. The molecule has 0 unspecified atom stereocenters. The first-order valence-corrected chi connectivity index (χ1v) is 6.53. The summed E-state index contributed by atoms with van der Waals surface area (Å²) in [5.74, 6) is 1.59. The second kappa shape index (κ2) is 6.61. The number of hydrogen-bond acceptors (Lipinski definition) is 4. The molecule has 1 heterocycles. The van der Waals surface area contributed by atoms with Crippen LogP contribution in [0.4, 0.5) is 0 Å². The molecule has 0 spiro atoms. The number of para-hydroxylation sites is 2. The number of nitrogens with zero attached hydrogens (tertiary/aromatic N) is 1. The number of hydrogen-bond donors (Lipinski definition) is 1. The summed E-state index contributed by atoms with van der Waals surface area (Å²) in [6.07, 6.45) is 2.33. The van der Waals surface area contributed by atoms with Crippen LogP contribution >= 0.6 is 0 Å². The van der Waals surface area contributed by atoms with Crippen molar-refractivity contribution in [3.63, 3.8) is 0 Å². The molecular weight excluding hydrogens is 228 g/mol. The van der Waals surface area contributed by atoms with E-state index in [1.54, 1.807) is 7.11 Å². The van der Waals surface area contributed by atoms with Crippen molar-refractivity contribution < 1.29 is 9.47 Å². The van der Waals surface area contributed by atoms with Crippen LogP contribution in [-0.2, 0) is 0 Å². The zero-order valence-corrected chi connectivity index (χ0v) is 11.0. The Balaban J connectivity index is 1.77. The van der Waals surface area contributed by atoms with Crippen LogP contribution in [0.2, 0.25) is 0 Å². The van der Waals surface area contributed by atoms with Crippen LogP contribution in [-0.4, -0.2) is 44.3 Å². The lowest BCUT2D eigenvalue weighted by Crippen LogP contribution is -2.44. The number of benzene rings is 1. The second-order valence-electron chi connectivity index (χ2n) is 4.70. The maximum absolute atomic E-state index is 5.95.